The minimum atomic E-state index is -0.936. The summed E-state index contributed by atoms with van der Waals surface area (Å²) in [5.74, 6) is -2.14. The molecule has 1 fully saturated rings. The van der Waals surface area contributed by atoms with Gasteiger partial charge in [-0.2, -0.15) is 0 Å². The molecule has 0 bridgehead atoms. The standard InChI is InChI=1S/C14H16N2O4S/c1-4-9-5-6-11(21-9)10(17)7-15-12(18)13(19)16(8(2)3)14(15)20/h5-6,8H,4,7H2,1-3H3. The molecule has 4 amide bonds. The molecular formula is C14H16N2O4S. The van der Waals surface area contributed by atoms with Gasteiger partial charge in [0.05, 0.1) is 11.4 Å². The first-order chi connectivity index (χ1) is 9.86. The lowest BCUT2D eigenvalue weighted by Gasteiger charge is -2.17. The monoisotopic (exact) mass is 308 g/mol. The van der Waals surface area contributed by atoms with Crippen molar-refractivity contribution in [2.45, 2.75) is 33.2 Å². The maximum atomic E-state index is 12.1. The third-order valence-corrected chi connectivity index (χ3v) is 4.46. The van der Waals surface area contributed by atoms with Crippen LogP contribution in [0.25, 0.3) is 0 Å². The van der Waals surface area contributed by atoms with Gasteiger partial charge in [0.15, 0.2) is 5.78 Å². The Labute approximate surface area is 126 Å². The lowest BCUT2D eigenvalue weighted by atomic mass is 10.3. The van der Waals surface area contributed by atoms with E-state index in [0.29, 0.717) is 4.88 Å². The summed E-state index contributed by atoms with van der Waals surface area (Å²) in [6.45, 7) is 4.87. The van der Waals surface area contributed by atoms with Crippen LogP contribution in [0.15, 0.2) is 12.1 Å². The van der Waals surface area contributed by atoms with Crippen LogP contribution in [0.4, 0.5) is 4.79 Å². The first kappa shape index (κ1) is 15.4. The molecule has 0 unspecified atom stereocenters. The van der Waals surface area contributed by atoms with E-state index in [4.69, 9.17) is 0 Å². The van der Waals surface area contributed by atoms with Crippen molar-refractivity contribution in [3.05, 3.63) is 21.9 Å². The van der Waals surface area contributed by atoms with Gasteiger partial charge < -0.3 is 0 Å². The molecule has 0 N–H and O–H groups in total. The SMILES string of the molecule is CCc1ccc(C(=O)CN2C(=O)C(=O)N(C(C)C)C2=O)s1. The van der Waals surface area contributed by atoms with Crippen LogP contribution in [0, 0.1) is 0 Å². The fourth-order valence-electron chi connectivity index (χ4n) is 2.06. The zero-order valence-electron chi connectivity index (χ0n) is 12.1. The molecule has 21 heavy (non-hydrogen) atoms. The Morgan fingerprint density at radius 3 is 2.33 bits per heavy atom. The minimum absolute atomic E-state index is 0.334. The van der Waals surface area contributed by atoms with Gasteiger partial charge in [0.25, 0.3) is 0 Å². The van der Waals surface area contributed by atoms with Gasteiger partial charge in [-0.25, -0.2) is 9.69 Å². The Bertz CT molecular complexity index is 620. The number of imide groups is 2. The molecule has 1 aliphatic heterocycles. The predicted molar refractivity (Wildman–Crippen MR) is 77.1 cm³/mol. The van der Waals surface area contributed by atoms with E-state index in [0.717, 1.165) is 21.1 Å². The van der Waals surface area contributed by atoms with Crippen molar-refractivity contribution >= 4 is 35.0 Å². The number of hydrogen-bond acceptors (Lipinski definition) is 5. The van der Waals surface area contributed by atoms with E-state index in [2.05, 4.69) is 0 Å². The Balaban J connectivity index is 2.15. The maximum Gasteiger partial charge on any atom is 0.334 e. The van der Waals surface area contributed by atoms with Crippen LogP contribution in [0.2, 0.25) is 0 Å². The molecule has 2 heterocycles. The topological polar surface area (TPSA) is 74.8 Å². The summed E-state index contributed by atoms with van der Waals surface area (Å²) >= 11 is 1.34. The summed E-state index contributed by atoms with van der Waals surface area (Å²) < 4.78 is 0. The number of amides is 4. The van der Waals surface area contributed by atoms with E-state index in [9.17, 15) is 19.2 Å². The summed E-state index contributed by atoms with van der Waals surface area (Å²) in [6, 6.07) is 2.39. The molecule has 7 heteroatoms. The van der Waals surface area contributed by atoms with Crippen LogP contribution in [-0.4, -0.2) is 46.0 Å². The molecule has 1 aromatic rings. The van der Waals surface area contributed by atoms with E-state index in [1.54, 1.807) is 19.9 Å². The number of aryl methyl sites for hydroxylation is 1. The molecule has 1 saturated heterocycles. The van der Waals surface area contributed by atoms with Crippen LogP contribution < -0.4 is 0 Å². The summed E-state index contributed by atoms with van der Waals surface area (Å²) in [6.07, 6.45) is 0.819. The molecule has 0 spiro atoms. The minimum Gasteiger partial charge on any atom is -0.291 e. The van der Waals surface area contributed by atoms with Crippen molar-refractivity contribution < 1.29 is 19.2 Å². The number of urea groups is 1. The Morgan fingerprint density at radius 1 is 1.19 bits per heavy atom. The predicted octanol–water partition coefficient (Wildman–Crippen LogP) is 1.69. The van der Waals surface area contributed by atoms with Crippen molar-refractivity contribution in [2.24, 2.45) is 0 Å². The van der Waals surface area contributed by atoms with Gasteiger partial charge in [0.2, 0.25) is 0 Å². The summed E-state index contributed by atoms with van der Waals surface area (Å²) in [7, 11) is 0. The van der Waals surface area contributed by atoms with Gasteiger partial charge in [-0.1, -0.05) is 6.92 Å². The normalized spacial score (nSPS) is 15.5. The van der Waals surface area contributed by atoms with E-state index in [1.807, 2.05) is 13.0 Å². The highest BCUT2D eigenvalue weighted by molar-refractivity contribution is 7.14. The molecule has 2 rings (SSSR count). The molecule has 0 radical (unpaired) electrons. The van der Waals surface area contributed by atoms with Crippen LogP contribution in [0.3, 0.4) is 0 Å². The molecule has 6 nitrogen and oxygen atoms in total. The fraction of sp³-hybridized carbons (Fsp3) is 0.429. The maximum absolute atomic E-state index is 12.1. The van der Waals surface area contributed by atoms with Crippen molar-refractivity contribution in [2.75, 3.05) is 6.54 Å². The second-order valence-corrected chi connectivity index (χ2v) is 6.15. The molecule has 1 aliphatic rings. The van der Waals surface area contributed by atoms with Crippen molar-refractivity contribution in [3.8, 4) is 0 Å². The van der Waals surface area contributed by atoms with Gasteiger partial charge in [-0.05, 0) is 32.4 Å². The third kappa shape index (κ3) is 2.73. The number of nitrogens with zero attached hydrogens (tertiary/aromatic N) is 2. The Morgan fingerprint density at radius 2 is 1.86 bits per heavy atom. The zero-order valence-corrected chi connectivity index (χ0v) is 12.9. The first-order valence-electron chi connectivity index (χ1n) is 6.67. The fourth-order valence-corrected chi connectivity index (χ4v) is 2.93. The lowest BCUT2D eigenvalue weighted by Crippen LogP contribution is -2.39. The molecule has 0 atom stereocenters. The highest BCUT2D eigenvalue weighted by atomic mass is 32.1. The Kier molecular flexibility index (Phi) is 4.22. The largest absolute Gasteiger partial charge is 0.334 e. The van der Waals surface area contributed by atoms with Crippen LogP contribution in [0.1, 0.15) is 35.3 Å². The number of ketones is 1. The van der Waals surface area contributed by atoms with E-state index >= 15 is 0 Å². The molecule has 0 aliphatic carbocycles. The highest BCUT2D eigenvalue weighted by Crippen LogP contribution is 2.20. The van der Waals surface area contributed by atoms with Crippen LogP contribution >= 0.6 is 11.3 Å². The van der Waals surface area contributed by atoms with Gasteiger partial charge in [-0.3, -0.25) is 19.3 Å². The second kappa shape index (κ2) is 5.77. The quantitative estimate of drug-likeness (QED) is 0.471. The van der Waals surface area contributed by atoms with Crippen molar-refractivity contribution in [1.82, 2.24) is 9.80 Å². The molecule has 1 aromatic heterocycles. The van der Waals surface area contributed by atoms with Crippen LogP contribution in [0.5, 0.6) is 0 Å². The van der Waals surface area contributed by atoms with E-state index in [-0.39, 0.29) is 5.78 Å². The average Bonchev–Trinajstić information content (AvgIpc) is 2.98. The average molecular weight is 308 g/mol. The summed E-state index contributed by atoms with van der Waals surface area (Å²) in [5.41, 5.74) is 0. The van der Waals surface area contributed by atoms with Gasteiger partial charge >= 0.3 is 17.8 Å². The third-order valence-electron chi connectivity index (χ3n) is 3.19. The van der Waals surface area contributed by atoms with E-state index < -0.39 is 30.4 Å². The molecular weight excluding hydrogens is 292 g/mol. The summed E-state index contributed by atoms with van der Waals surface area (Å²) in [4.78, 5) is 50.9. The molecule has 112 valence electrons. The highest BCUT2D eigenvalue weighted by Gasteiger charge is 2.46. The Hall–Kier alpha value is -2.02. The van der Waals surface area contributed by atoms with Gasteiger partial charge in [-0.15, -0.1) is 11.3 Å². The second-order valence-electron chi connectivity index (χ2n) is 4.99. The number of Topliss-reactive ketones (excluding diaryl/α,β-unsaturated/α-hetero) is 1. The van der Waals surface area contributed by atoms with Crippen molar-refractivity contribution in [3.63, 3.8) is 0 Å². The molecule has 0 saturated carbocycles. The smallest absolute Gasteiger partial charge is 0.291 e. The van der Waals surface area contributed by atoms with Crippen LogP contribution in [-0.2, 0) is 16.0 Å². The lowest BCUT2D eigenvalue weighted by molar-refractivity contribution is -0.143. The van der Waals surface area contributed by atoms with Gasteiger partial charge in [0.1, 0.15) is 0 Å². The first-order valence-corrected chi connectivity index (χ1v) is 7.49. The number of carbonyl (C=O) groups excluding carboxylic acids is 4. The number of rotatable bonds is 5. The molecule has 0 aromatic carbocycles. The van der Waals surface area contributed by atoms with E-state index in [1.165, 1.54) is 11.3 Å². The zero-order chi connectivity index (χ0) is 15.7. The van der Waals surface area contributed by atoms with Gasteiger partial charge in [0, 0.05) is 10.9 Å². The summed E-state index contributed by atoms with van der Waals surface area (Å²) in [5, 5.41) is 0. The number of thiophene rings is 1. The number of hydrogen-bond donors (Lipinski definition) is 0. The number of carbonyl (C=O) groups is 4. The van der Waals surface area contributed by atoms with Crippen molar-refractivity contribution in [1.29, 1.82) is 0 Å².